The first-order valence-electron chi connectivity index (χ1n) is 3.68. The summed E-state index contributed by atoms with van der Waals surface area (Å²) >= 11 is 0. The molecule has 0 saturated heterocycles. The third-order valence-electron chi connectivity index (χ3n) is 1.91. The van der Waals surface area contributed by atoms with Crippen LogP contribution >= 0.6 is 0 Å². The van der Waals surface area contributed by atoms with Crippen molar-refractivity contribution in [2.45, 2.75) is 6.92 Å². The molecule has 0 aliphatic carbocycles. The van der Waals surface area contributed by atoms with E-state index < -0.39 is 0 Å². The molecule has 64 valence electrons. The third kappa shape index (κ3) is 1.47. The van der Waals surface area contributed by atoms with Crippen LogP contribution in [0.1, 0.15) is 31.8 Å². The first kappa shape index (κ1) is 9.14. The summed E-state index contributed by atoms with van der Waals surface area (Å²) in [6, 6.07) is 4.95. The van der Waals surface area contributed by atoms with Crippen molar-refractivity contribution in [3.8, 4) is 6.07 Å². The van der Waals surface area contributed by atoms with Gasteiger partial charge < -0.3 is 0 Å². The Hall–Kier alpha value is -1.95. The van der Waals surface area contributed by atoms with E-state index in [1.807, 2.05) is 6.07 Å². The molecule has 0 heterocycles. The van der Waals surface area contributed by atoms with Gasteiger partial charge in [-0.2, -0.15) is 5.26 Å². The van der Waals surface area contributed by atoms with E-state index in [4.69, 9.17) is 5.26 Å². The highest BCUT2D eigenvalue weighted by atomic mass is 16.1. The van der Waals surface area contributed by atoms with E-state index in [0.717, 1.165) is 0 Å². The second kappa shape index (κ2) is 3.63. The van der Waals surface area contributed by atoms with Gasteiger partial charge in [0.1, 0.15) is 0 Å². The number of hydrogen-bond acceptors (Lipinski definition) is 3. The fraction of sp³-hybridized carbons (Fsp3) is 0.100. The van der Waals surface area contributed by atoms with E-state index in [0.29, 0.717) is 34.8 Å². The van der Waals surface area contributed by atoms with Crippen LogP contribution < -0.4 is 0 Å². The van der Waals surface area contributed by atoms with E-state index >= 15 is 0 Å². The fourth-order valence-corrected chi connectivity index (χ4v) is 1.13. The number of nitrogens with zero attached hydrogens (tertiary/aromatic N) is 1. The predicted octanol–water partition coefficient (Wildman–Crippen LogP) is 1.49. The van der Waals surface area contributed by atoms with E-state index in [1.54, 1.807) is 6.92 Å². The van der Waals surface area contributed by atoms with Crippen LogP contribution in [0.5, 0.6) is 0 Å². The molecular formula is C10H7NO2. The second-order valence-electron chi connectivity index (χ2n) is 2.59. The van der Waals surface area contributed by atoms with Crippen LogP contribution in [0.4, 0.5) is 0 Å². The lowest BCUT2D eigenvalue weighted by Crippen LogP contribution is -1.97. The maximum Gasteiger partial charge on any atom is 0.151 e. The number of rotatable bonds is 2. The van der Waals surface area contributed by atoms with Crippen LogP contribution in [0, 0.1) is 18.3 Å². The normalized spacial score (nSPS) is 8.92. The molecule has 1 aromatic carbocycles. The van der Waals surface area contributed by atoms with Gasteiger partial charge in [0.05, 0.1) is 11.6 Å². The van der Waals surface area contributed by atoms with Crippen molar-refractivity contribution in [2.75, 3.05) is 0 Å². The van der Waals surface area contributed by atoms with E-state index in [9.17, 15) is 9.59 Å². The van der Waals surface area contributed by atoms with Crippen molar-refractivity contribution in [2.24, 2.45) is 0 Å². The lowest BCUT2D eigenvalue weighted by atomic mass is 9.99. The number of carbonyl (C=O) groups excluding carboxylic acids is 2. The molecule has 0 aliphatic rings. The molecule has 0 fully saturated rings. The zero-order chi connectivity index (χ0) is 9.84. The third-order valence-corrected chi connectivity index (χ3v) is 1.91. The zero-order valence-electron chi connectivity index (χ0n) is 7.07. The summed E-state index contributed by atoms with van der Waals surface area (Å²) in [5.74, 6) is 0. The first-order chi connectivity index (χ1) is 6.24. The van der Waals surface area contributed by atoms with Crippen LogP contribution in [-0.4, -0.2) is 12.6 Å². The van der Waals surface area contributed by atoms with Crippen molar-refractivity contribution in [3.05, 3.63) is 34.4 Å². The highest BCUT2D eigenvalue weighted by Crippen LogP contribution is 2.14. The number of benzene rings is 1. The summed E-state index contributed by atoms with van der Waals surface area (Å²) in [4.78, 5) is 21.1. The van der Waals surface area contributed by atoms with E-state index in [1.165, 1.54) is 12.1 Å². The van der Waals surface area contributed by atoms with Gasteiger partial charge in [0.2, 0.25) is 0 Å². The molecule has 3 heteroatoms. The van der Waals surface area contributed by atoms with Gasteiger partial charge in [-0.05, 0) is 24.6 Å². The molecular weight excluding hydrogens is 166 g/mol. The van der Waals surface area contributed by atoms with Crippen LogP contribution in [0.25, 0.3) is 0 Å². The maximum atomic E-state index is 10.6. The van der Waals surface area contributed by atoms with E-state index in [-0.39, 0.29) is 0 Å². The Morgan fingerprint density at radius 1 is 1.31 bits per heavy atom. The minimum Gasteiger partial charge on any atom is -0.298 e. The smallest absolute Gasteiger partial charge is 0.151 e. The van der Waals surface area contributed by atoms with Crippen LogP contribution in [-0.2, 0) is 0 Å². The van der Waals surface area contributed by atoms with Crippen molar-refractivity contribution in [1.29, 1.82) is 5.26 Å². The van der Waals surface area contributed by atoms with Gasteiger partial charge in [0, 0.05) is 11.1 Å². The SMILES string of the molecule is Cc1c(C#N)ccc(C=O)c1C=O. The van der Waals surface area contributed by atoms with Gasteiger partial charge in [-0.15, -0.1) is 0 Å². The summed E-state index contributed by atoms with van der Waals surface area (Å²) in [7, 11) is 0. The Kier molecular flexibility index (Phi) is 2.56. The number of carbonyl (C=O) groups is 2. The van der Waals surface area contributed by atoms with Gasteiger partial charge in [0.15, 0.2) is 12.6 Å². The Labute approximate surface area is 75.6 Å². The molecule has 0 unspecified atom stereocenters. The van der Waals surface area contributed by atoms with Gasteiger partial charge in [-0.3, -0.25) is 9.59 Å². The maximum absolute atomic E-state index is 10.6. The van der Waals surface area contributed by atoms with Crippen molar-refractivity contribution in [3.63, 3.8) is 0 Å². The Morgan fingerprint density at radius 2 is 2.00 bits per heavy atom. The van der Waals surface area contributed by atoms with Gasteiger partial charge in [-0.25, -0.2) is 0 Å². The predicted molar refractivity (Wildman–Crippen MR) is 46.7 cm³/mol. The van der Waals surface area contributed by atoms with Gasteiger partial charge in [-0.1, -0.05) is 0 Å². The molecule has 0 N–H and O–H groups in total. The standard InChI is InChI=1S/C10H7NO2/c1-7-8(4-11)2-3-9(5-12)10(7)6-13/h2-3,5-6H,1H3. The molecule has 0 radical (unpaired) electrons. The fourth-order valence-electron chi connectivity index (χ4n) is 1.13. The molecule has 0 aliphatic heterocycles. The lowest BCUT2D eigenvalue weighted by Gasteiger charge is -2.02. The van der Waals surface area contributed by atoms with E-state index in [2.05, 4.69) is 0 Å². The molecule has 13 heavy (non-hydrogen) atoms. The molecule has 0 amide bonds. The van der Waals surface area contributed by atoms with Crippen molar-refractivity contribution >= 4 is 12.6 Å². The minimum atomic E-state index is 0.300. The number of nitriles is 1. The van der Waals surface area contributed by atoms with Crippen LogP contribution in [0.2, 0.25) is 0 Å². The quantitative estimate of drug-likeness (QED) is 0.636. The average molecular weight is 173 g/mol. The summed E-state index contributed by atoms with van der Waals surface area (Å²) in [6.07, 6.45) is 1.21. The molecule has 1 aromatic rings. The summed E-state index contributed by atoms with van der Waals surface area (Å²) in [6.45, 7) is 1.65. The monoisotopic (exact) mass is 173 g/mol. The van der Waals surface area contributed by atoms with Gasteiger partial charge >= 0.3 is 0 Å². The minimum absolute atomic E-state index is 0.300. The average Bonchev–Trinajstić information content (AvgIpc) is 2.17. The first-order valence-corrected chi connectivity index (χ1v) is 3.68. The molecule has 0 aromatic heterocycles. The number of hydrogen-bond donors (Lipinski definition) is 0. The molecule has 1 rings (SSSR count). The molecule has 0 spiro atoms. The summed E-state index contributed by atoms with van der Waals surface area (Å²) in [5.41, 5.74) is 1.61. The molecule has 0 bridgehead atoms. The van der Waals surface area contributed by atoms with Crippen molar-refractivity contribution < 1.29 is 9.59 Å². The lowest BCUT2D eigenvalue weighted by molar-refractivity contribution is 0.109. The zero-order valence-corrected chi connectivity index (χ0v) is 7.07. The molecule has 0 saturated carbocycles. The second-order valence-corrected chi connectivity index (χ2v) is 2.59. The molecule has 0 atom stereocenters. The Bertz CT molecular complexity index is 402. The van der Waals surface area contributed by atoms with Crippen molar-refractivity contribution in [1.82, 2.24) is 0 Å². The summed E-state index contributed by atoms with van der Waals surface area (Å²) < 4.78 is 0. The highest BCUT2D eigenvalue weighted by molar-refractivity contribution is 5.92. The number of aldehydes is 2. The largest absolute Gasteiger partial charge is 0.298 e. The van der Waals surface area contributed by atoms with Gasteiger partial charge in [0.25, 0.3) is 0 Å². The topological polar surface area (TPSA) is 57.9 Å². The van der Waals surface area contributed by atoms with Crippen LogP contribution in [0.3, 0.4) is 0 Å². The van der Waals surface area contributed by atoms with Crippen LogP contribution in [0.15, 0.2) is 12.1 Å². The Morgan fingerprint density at radius 3 is 2.46 bits per heavy atom. The summed E-state index contributed by atoms with van der Waals surface area (Å²) in [5, 5.41) is 8.65. The highest BCUT2D eigenvalue weighted by Gasteiger charge is 2.07. The Balaban J connectivity index is 3.51. The molecule has 3 nitrogen and oxygen atoms in total.